The van der Waals surface area contributed by atoms with Crippen LogP contribution in [0.5, 0.6) is 0 Å². The fourth-order valence-corrected chi connectivity index (χ4v) is 2.16. The van der Waals surface area contributed by atoms with Gasteiger partial charge in [-0.3, -0.25) is 0 Å². The van der Waals surface area contributed by atoms with Gasteiger partial charge in [-0.05, 0) is 28.1 Å². The Morgan fingerprint density at radius 1 is 0.750 bits per heavy atom. The molecule has 0 unspecified atom stereocenters. The van der Waals surface area contributed by atoms with Gasteiger partial charge in [-0.2, -0.15) is 0 Å². The number of benzene rings is 2. The third-order valence-corrected chi connectivity index (χ3v) is 3.08. The van der Waals surface area contributed by atoms with Crippen molar-refractivity contribution in [3.05, 3.63) is 65.1 Å². The van der Waals surface area contributed by atoms with Gasteiger partial charge in [-0.25, -0.2) is 19.3 Å². The van der Waals surface area contributed by atoms with E-state index in [-0.39, 0.29) is 5.82 Å². The quantitative estimate of drug-likeness (QED) is 0.710. The van der Waals surface area contributed by atoms with Gasteiger partial charge >= 0.3 is 0 Å². The first-order valence-electron chi connectivity index (χ1n) is 5.95. The zero-order valence-corrected chi connectivity index (χ0v) is 11.9. The molecule has 0 aliphatic carbocycles. The average Bonchev–Trinajstić information content (AvgIpc) is 2.47. The summed E-state index contributed by atoms with van der Waals surface area (Å²) < 4.78 is 13.7. The molecule has 1 heterocycles. The van der Waals surface area contributed by atoms with E-state index in [1.807, 2.05) is 30.3 Å². The largest absolute Gasteiger partial charge is 0.208 e. The van der Waals surface area contributed by atoms with Crippen LogP contribution in [0.1, 0.15) is 0 Å². The average molecular weight is 330 g/mol. The predicted octanol–water partition coefficient (Wildman–Crippen LogP) is 4.11. The summed E-state index contributed by atoms with van der Waals surface area (Å²) in [4.78, 5) is 12.8. The molecule has 0 fully saturated rings. The minimum Gasteiger partial charge on any atom is -0.208 e. The smallest absolute Gasteiger partial charge is 0.200 e. The fraction of sp³-hybridized carbons (Fsp3) is 0. The molecule has 2 aromatic carbocycles. The second-order valence-corrected chi connectivity index (χ2v) is 4.84. The molecule has 0 aliphatic heterocycles. The second-order valence-electron chi connectivity index (χ2n) is 4.13. The van der Waals surface area contributed by atoms with Crippen molar-refractivity contribution in [2.75, 3.05) is 0 Å². The SMILES string of the molecule is Fc1cccc(-c2nc(Br)nc(-c3ccccc3)n2)c1. The van der Waals surface area contributed by atoms with Gasteiger partial charge in [-0.15, -0.1) is 0 Å². The first kappa shape index (κ1) is 12.9. The molecular formula is C15H9BrFN3. The van der Waals surface area contributed by atoms with Gasteiger partial charge in [0.25, 0.3) is 0 Å². The monoisotopic (exact) mass is 329 g/mol. The van der Waals surface area contributed by atoms with E-state index in [2.05, 4.69) is 30.9 Å². The number of rotatable bonds is 2. The van der Waals surface area contributed by atoms with E-state index < -0.39 is 0 Å². The molecule has 3 rings (SSSR count). The lowest BCUT2D eigenvalue weighted by molar-refractivity contribution is 0.628. The summed E-state index contributed by atoms with van der Waals surface area (Å²) in [6, 6.07) is 15.8. The highest BCUT2D eigenvalue weighted by Gasteiger charge is 2.09. The molecule has 0 N–H and O–H groups in total. The number of nitrogens with zero attached hydrogens (tertiary/aromatic N) is 3. The van der Waals surface area contributed by atoms with Gasteiger partial charge < -0.3 is 0 Å². The molecule has 0 saturated carbocycles. The molecule has 0 amide bonds. The molecule has 0 aliphatic rings. The maximum absolute atomic E-state index is 13.3. The van der Waals surface area contributed by atoms with Crippen LogP contribution >= 0.6 is 15.9 Å². The Balaban J connectivity index is 2.12. The van der Waals surface area contributed by atoms with E-state index in [1.165, 1.54) is 12.1 Å². The first-order chi connectivity index (χ1) is 9.72. The summed E-state index contributed by atoms with van der Waals surface area (Å²) in [7, 11) is 0. The van der Waals surface area contributed by atoms with E-state index in [0.29, 0.717) is 21.9 Å². The highest BCUT2D eigenvalue weighted by atomic mass is 79.9. The lowest BCUT2D eigenvalue weighted by Gasteiger charge is -2.04. The summed E-state index contributed by atoms with van der Waals surface area (Å²) in [5.41, 5.74) is 1.50. The van der Waals surface area contributed by atoms with Crippen molar-refractivity contribution in [2.24, 2.45) is 0 Å². The summed E-state index contributed by atoms with van der Waals surface area (Å²) in [5, 5.41) is 0. The molecule has 98 valence electrons. The lowest BCUT2D eigenvalue weighted by atomic mass is 10.2. The molecule has 5 heteroatoms. The molecular weight excluding hydrogens is 321 g/mol. The first-order valence-corrected chi connectivity index (χ1v) is 6.74. The van der Waals surface area contributed by atoms with Crippen molar-refractivity contribution in [1.82, 2.24) is 15.0 Å². The molecule has 3 nitrogen and oxygen atoms in total. The van der Waals surface area contributed by atoms with E-state index >= 15 is 0 Å². The maximum Gasteiger partial charge on any atom is 0.200 e. The van der Waals surface area contributed by atoms with Gasteiger partial charge in [0, 0.05) is 11.1 Å². The fourth-order valence-electron chi connectivity index (χ4n) is 1.82. The molecule has 0 radical (unpaired) electrons. The zero-order chi connectivity index (χ0) is 13.9. The molecule has 0 bridgehead atoms. The van der Waals surface area contributed by atoms with Crippen LogP contribution in [-0.2, 0) is 0 Å². The van der Waals surface area contributed by atoms with Crippen LogP contribution in [0.25, 0.3) is 22.8 Å². The summed E-state index contributed by atoms with van der Waals surface area (Å²) in [5.74, 6) is 0.664. The minimum atomic E-state index is -0.319. The van der Waals surface area contributed by atoms with E-state index in [1.54, 1.807) is 12.1 Å². The van der Waals surface area contributed by atoms with E-state index in [4.69, 9.17) is 0 Å². The van der Waals surface area contributed by atoms with Crippen molar-refractivity contribution < 1.29 is 4.39 Å². The molecule has 0 spiro atoms. The Kier molecular flexibility index (Phi) is 3.52. The van der Waals surface area contributed by atoms with Crippen LogP contribution in [0.15, 0.2) is 59.3 Å². The van der Waals surface area contributed by atoms with Crippen LogP contribution < -0.4 is 0 Å². The Bertz CT molecular complexity index is 747. The van der Waals surface area contributed by atoms with E-state index in [0.717, 1.165) is 5.56 Å². The number of aromatic nitrogens is 3. The number of hydrogen-bond acceptors (Lipinski definition) is 3. The Hall–Kier alpha value is -2.14. The van der Waals surface area contributed by atoms with E-state index in [9.17, 15) is 4.39 Å². The van der Waals surface area contributed by atoms with Gasteiger partial charge in [0.1, 0.15) is 5.82 Å². The highest BCUT2D eigenvalue weighted by molar-refractivity contribution is 9.10. The highest BCUT2D eigenvalue weighted by Crippen LogP contribution is 2.22. The number of halogens is 2. The molecule has 0 atom stereocenters. The Labute approximate surface area is 123 Å². The molecule has 3 aromatic rings. The molecule has 1 aromatic heterocycles. The van der Waals surface area contributed by atoms with Crippen molar-refractivity contribution in [1.29, 1.82) is 0 Å². The summed E-state index contributed by atoms with van der Waals surface area (Å²) in [6.45, 7) is 0. The third-order valence-electron chi connectivity index (χ3n) is 2.72. The summed E-state index contributed by atoms with van der Waals surface area (Å²) >= 11 is 3.27. The Morgan fingerprint density at radius 3 is 2.10 bits per heavy atom. The summed E-state index contributed by atoms with van der Waals surface area (Å²) in [6.07, 6.45) is 0. The third kappa shape index (κ3) is 2.72. The number of hydrogen-bond donors (Lipinski definition) is 0. The maximum atomic E-state index is 13.3. The van der Waals surface area contributed by atoms with Crippen LogP contribution in [0.3, 0.4) is 0 Å². The standard InChI is InChI=1S/C15H9BrFN3/c16-15-19-13(10-5-2-1-3-6-10)18-14(20-15)11-7-4-8-12(17)9-11/h1-9H. The second kappa shape index (κ2) is 5.46. The molecule has 20 heavy (non-hydrogen) atoms. The van der Waals surface area contributed by atoms with Crippen molar-refractivity contribution in [2.45, 2.75) is 0 Å². The topological polar surface area (TPSA) is 38.7 Å². The van der Waals surface area contributed by atoms with Crippen LogP contribution in [0.4, 0.5) is 4.39 Å². The van der Waals surface area contributed by atoms with Crippen LogP contribution in [-0.4, -0.2) is 15.0 Å². The van der Waals surface area contributed by atoms with Gasteiger partial charge in [0.2, 0.25) is 4.73 Å². The Morgan fingerprint density at radius 2 is 1.40 bits per heavy atom. The minimum absolute atomic E-state index is 0.319. The molecule has 0 saturated heterocycles. The lowest BCUT2D eigenvalue weighted by Crippen LogP contribution is -1.97. The van der Waals surface area contributed by atoms with Gasteiger partial charge in [0.15, 0.2) is 11.6 Å². The van der Waals surface area contributed by atoms with Crippen molar-refractivity contribution in [3.63, 3.8) is 0 Å². The van der Waals surface area contributed by atoms with Crippen molar-refractivity contribution >= 4 is 15.9 Å². The normalized spacial score (nSPS) is 10.5. The predicted molar refractivity (Wildman–Crippen MR) is 78.4 cm³/mol. The van der Waals surface area contributed by atoms with Gasteiger partial charge in [0.05, 0.1) is 0 Å². The van der Waals surface area contributed by atoms with Crippen molar-refractivity contribution in [3.8, 4) is 22.8 Å². The van der Waals surface area contributed by atoms with Crippen LogP contribution in [0.2, 0.25) is 0 Å². The van der Waals surface area contributed by atoms with Crippen LogP contribution in [0, 0.1) is 5.82 Å². The van der Waals surface area contributed by atoms with Gasteiger partial charge in [-0.1, -0.05) is 42.5 Å². The zero-order valence-electron chi connectivity index (χ0n) is 10.3.